The van der Waals surface area contributed by atoms with Gasteiger partial charge in [0, 0.05) is 61.2 Å². The first-order valence-corrected chi connectivity index (χ1v) is 14.3. The average Bonchev–Trinajstić information content (AvgIpc) is 3.34. The van der Waals surface area contributed by atoms with Gasteiger partial charge in [-0.1, -0.05) is 19.2 Å². The molecule has 0 unspecified atom stereocenters. The van der Waals surface area contributed by atoms with Crippen LogP contribution in [0.4, 0.5) is 11.5 Å². The Morgan fingerprint density at radius 1 is 1.18 bits per heavy atom. The van der Waals surface area contributed by atoms with Crippen molar-refractivity contribution < 1.29 is 0 Å². The second-order valence-corrected chi connectivity index (χ2v) is 11.2. The molecule has 3 aromatic heterocycles. The number of hydrogen-bond acceptors (Lipinski definition) is 7. The molecule has 0 bridgehead atoms. The monoisotopic (exact) mass is 538 g/mol. The van der Waals surface area contributed by atoms with Crippen LogP contribution in [0.3, 0.4) is 0 Å². The molecule has 8 heteroatoms. The molecule has 0 aliphatic carbocycles. The van der Waals surface area contributed by atoms with Crippen LogP contribution in [-0.4, -0.2) is 71.4 Å². The number of pyridine rings is 2. The van der Waals surface area contributed by atoms with Crippen molar-refractivity contribution in [3.8, 4) is 0 Å². The maximum Gasteiger partial charge on any atom is 0.133 e. The molecular formula is C32H42N8. The number of likely N-dealkylation sites (N-methyl/N-ethyl adjacent to an activating group) is 1. The summed E-state index contributed by atoms with van der Waals surface area (Å²) in [4.78, 5) is 13.9. The Morgan fingerprint density at radius 2 is 1.95 bits per heavy atom. The summed E-state index contributed by atoms with van der Waals surface area (Å²) in [5, 5.41) is 16.3. The molecule has 210 valence electrons. The Hall–Kier alpha value is -3.75. The summed E-state index contributed by atoms with van der Waals surface area (Å²) in [5.41, 5.74) is 7.11. The fourth-order valence-electron chi connectivity index (χ4n) is 5.52. The van der Waals surface area contributed by atoms with Gasteiger partial charge in [-0.3, -0.25) is 10.1 Å². The minimum atomic E-state index is 0.704. The lowest BCUT2D eigenvalue weighted by atomic mass is 9.91. The number of allylic oxidation sites excluding steroid dienone is 2. The van der Waals surface area contributed by atoms with E-state index in [4.69, 9.17) is 0 Å². The van der Waals surface area contributed by atoms with Crippen LogP contribution in [0.2, 0.25) is 0 Å². The maximum absolute atomic E-state index is 4.67. The molecule has 40 heavy (non-hydrogen) atoms. The summed E-state index contributed by atoms with van der Waals surface area (Å²) >= 11 is 0. The van der Waals surface area contributed by atoms with E-state index >= 15 is 0 Å². The third kappa shape index (κ3) is 6.51. The van der Waals surface area contributed by atoms with Gasteiger partial charge in [0.25, 0.3) is 0 Å². The van der Waals surface area contributed by atoms with Crippen molar-refractivity contribution in [1.82, 2.24) is 30.4 Å². The SMILES string of the molecule is C=C(Nc1ccnc(N2CCN(C)CC2)c1C)c1n[nH]/c(=C/C=C(\C)c2cncc(CC3CCNCC3)c2)c1=C. The molecule has 0 amide bonds. The van der Waals surface area contributed by atoms with Gasteiger partial charge >= 0.3 is 0 Å². The standard InChI is InChI=1S/C32H42N8/c1-22(28-19-27(20-34-21-28)18-26-8-11-33-12-9-26)6-7-30-23(2)31(38-37-30)25(4)36-29-10-13-35-32(24(29)3)40-16-14-39(5)15-17-40/h6-7,10,13,19-21,26,33,37H,2,4,8-9,11-12,14-18H2,1,3,5H3,(H,35,36)/b22-6+,30-7+. The minimum absolute atomic E-state index is 0.704. The summed E-state index contributed by atoms with van der Waals surface area (Å²) in [6, 6.07) is 4.26. The van der Waals surface area contributed by atoms with Crippen LogP contribution >= 0.6 is 0 Å². The van der Waals surface area contributed by atoms with Gasteiger partial charge in [-0.25, -0.2) is 4.98 Å². The van der Waals surface area contributed by atoms with Crippen molar-refractivity contribution in [1.29, 1.82) is 0 Å². The molecule has 0 atom stereocenters. The number of nitrogens with one attached hydrogen (secondary N) is 3. The third-order valence-electron chi connectivity index (χ3n) is 8.18. The van der Waals surface area contributed by atoms with Crippen LogP contribution in [0.1, 0.15) is 42.1 Å². The Kier molecular flexibility index (Phi) is 8.77. The van der Waals surface area contributed by atoms with Crippen LogP contribution in [-0.2, 0) is 6.42 Å². The Bertz CT molecular complexity index is 1470. The Balaban J connectivity index is 1.28. The zero-order chi connectivity index (χ0) is 28.1. The second kappa shape index (κ2) is 12.6. The normalized spacial score (nSPS) is 17.8. The predicted molar refractivity (Wildman–Crippen MR) is 166 cm³/mol. The van der Waals surface area contributed by atoms with Gasteiger partial charge in [-0.15, -0.1) is 0 Å². The van der Waals surface area contributed by atoms with Crippen LogP contribution in [0.5, 0.6) is 0 Å². The highest BCUT2D eigenvalue weighted by Crippen LogP contribution is 2.27. The van der Waals surface area contributed by atoms with Crippen molar-refractivity contribution >= 4 is 35.4 Å². The van der Waals surface area contributed by atoms with Crippen molar-refractivity contribution in [2.75, 3.05) is 56.5 Å². The van der Waals surface area contributed by atoms with Gasteiger partial charge in [0.15, 0.2) is 0 Å². The molecule has 0 aromatic carbocycles. The molecule has 0 radical (unpaired) electrons. The molecule has 5 rings (SSSR count). The molecule has 3 aromatic rings. The van der Waals surface area contributed by atoms with Crippen molar-refractivity contribution in [3.05, 3.63) is 76.3 Å². The van der Waals surface area contributed by atoms with E-state index in [9.17, 15) is 0 Å². The number of piperidine rings is 1. The fourth-order valence-corrected chi connectivity index (χ4v) is 5.52. The summed E-state index contributed by atoms with van der Waals surface area (Å²) in [7, 11) is 2.16. The van der Waals surface area contributed by atoms with Gasteiger partial charge < -0.3 is 20.4 Å². The number of anilines is 2. The van der Waals surface area contributed by atoms with Crippen molar-refractivity contribution in [2.45, 2.75) is 33.1 Å². The molecule has 8 nitrogen and oxygen atoms in total. The molecule has 2 fully saturated rings. The average molecular weight is 539 g/mol. The van der Waals surface area contributed by atoms with Crippen LogP contribution in [0, 0.1) is 12.8 Å². The first-order chi connectivity index (χ1) is 19.4. The summed E-state index contributed by atoms with van der Waals surface area (Å²) in [5.74, 6) is 1.76. The largest absolute Gasteiger partial charge is 0.354 e. The number of hydrogen-bond donors (Lipinski definition) is 3. The smallest absolute Gasteiger partial charge is 0.133 e. The lowest BCUT2D eigenvalue weighted by Crippen LogP contribution is -2.45. The van der Waals surface area contributed by atoms with E-state index in [0.29, 0.717) is 5.70 Å². The molecule has 3 N–H and O–H groups in total. The van der Waals surface area contributed by atoms with Gasteiger partial charge in [0.05, 0.1) is 11.0 Å². The fraction of sp³-hybridized carbons (Fsp3) is 0.406. The highest BCUT2D eigenvalue weighted by Gasteiger charge is 2.19. The quantitative estimate of drug-likeness (QED) is 0.406. The minimum Gasteiger partial charge on any atom is -0.354 e. The summed E-state index contributed by atoms with van der Waals surface area (Å²) in [6.07, 6.45) is 13.5. The number of rotatable bonds is 8. The zero-order valence-corrected chi connectivity index (χ0v) is 24.1. The highest BCUT2D eigenvalue weighted by atomic mass is 15.3. The van der Waals surface area contributed by atoms with E-state index in [1.54, 1.807) is 0 Å². The highest BCUT2D eigenvalue weighted by molar-refractivity contribution is 5.77. The second-order valence-electron chi connectivity index (χ2n) is 11.2. The van der Waals surface area contributed by atoms with E-state index in [2.05, 4.69) is 86.8 Å². The number of H-pyrrole nitrogens is 1. The van der Waals surface area contributed by atoms with Gasteiger partial charge in [-0.05, 0) is 94.1 Å². The van der Waals surface area contributed by atoms with E-state index in [-0.39, 0.29) is 0 Å². The zero-order valence-electron chi connectivity index (χ0n) is 24.1. The number of aromatic nitrogens is 4. The molecule has 0 saturated carbocycles. The third-order valence-corrected chi connectivity index (χ3v) is 8.18. The first-order valence-electron chi connectivity index (χ1n) is 14.3. The van der Waals surface area contributed by atoms with Gasteiger partial charge in [0.2, 0.25) is 0 Å². The molecule has 2 aliphatic heterocycles. The first kappa shape index (κ1) is 27.8. The van der Waals surface area contributed by atoms with Crippen molar-refractivity contribution in [3.63, 3.8) is 0 Å². The Morgan fingerprint density at radius 3 is 2.73 bits per heavy atom. The number of aromatic amines is 1. The molecule has 2 saturated heterocycles. The van der Waals surface area contributed by atoms with Crippen molar-refractivity contribution in [2.24, 2.45) is 5.92 Å². The van der Waals surface area contributed by atoms with E-state index in [1.807, 2.05) is 30.7 Å². The number of piperazine rings is 1. The number of nitrogens with zero attached hydrogens (tertiary/aromatic N) is 5. The van der Waals surface area contributed by atoms with Crippen LogP contribution in [0.25, 0.3) is 23.9 Å². The van der Waals surface area contributed by atoms with Crippen LogP contribution < -0.4 is 26.1 Å². The summed E-state index contributed by atoms with van der Waals surface area (Å²) < 4.78 is 0. The summed E-state index contributed by atoms with van der Waals surface area (Å²) in [6.45, 7) is 19.1. The van der Waals surface area contributed by atoms with E-state index in [0.717, 1.165) is 96.1 Å². The topological polar surface area (TPSA) is 85.0 Å². The van der Waals surface area contributed by atoms with Crippen LogP contribution in [0.15, 0.2) is 43.4 Å². The van der Waals surface area contributed by atoms with Gasteiger partial charge in [-0.2, -0.15) is 5.10 Å². The molecular weight excluding hydrogens is 496 g/mol. The Labute approximate surface area is 237 Å². The van der Waals surface area contributed by atoms with Gasteiger partial charge in [0.1, 0.15) is 11.5 Å². The van der Waals surface area contributed by atoms with E-state index < -0.39 is 0 Å². The predicted octanol–water partition coefficient (Wildman–Crippen LogP) is 3.18. The maximum atomic E-state index is 4.67. The molecule has 2 aliphatic rings. The lowest BCUT2D eigenvalue weighted by molar-refractivity contribution is 0.312. The van der Waals surface area contributed by atoms with E-state index in [1.165, 1.54) is 18.4 Å². The lowest BCUT2D eigenvalue weighted by Gasteiger charge is -2.34. The molecule has 5 heterocycles. The molecule has 0 spiro atoms.